The number of aliphatic carboxylic acids is 1. The van der Waals surface area contributed by atoms with E-state index in [1.165, 1.54) is 34.6 Å². The minimum Gasteiger partial charge on any atom is -0.545 e. The van der Waals surface area contributed by atoms with Gasteiger partial charge in [-0.15, -0.1) is 0 Å². The van der Waals surface area contributed by atoms with Crippen LogP contribution in [-0.4, -0.2) is 50.5 Å². The van der Waals surface area contributed by atoms with Gasteiger partial charge in [0.15, 0.2) is 5.71 Å². The van der Waals surface area contributed by atoms with E-state index in [0.717, 1.165) is 37.3 Å². The van der Waals surface area contributed by atoms with Crippen molar-refractivity contribution >= 4 is 36.2 Å². The number of carbonyl (C=O) groups excluding carboxylic acids is 1. The molecule has 0 radical (unpaired) electrons. The summed E-state index contributed by atoms with van der Waals surface area (Å²) in [6, 6.07) is 6.34. The Kier molecular flexibility index (Phi) is 3.59. The summed E-state index contributed by atoms with van der Waals surface area (Å²) in [5.41, 5.74) is 4.53. The Morgan fingerprint density at radius 3 is 2.52 bits per heavy atom. The summed E-state index contributed by atoms with van der Waals surface area (Å²) >= 11 is 0. The second kappa shape index (κ2) is 5.80. The molecule has 4 nitrogen and oxygen atoms in total. The van der Waals surface area contributed by atoms with Gasteiger partial charge < -0.3 is 14.8 Å². The van der Waals surface area contributed by atoms with Crippen LogP contribution in [0.15, 0.2) is 47.2 Å². The zero-order valence-electron chi connectivity index (χ0n) is 15.9. The summed E-state index contributed by atoms with van der Waals surface area (Å²) in [5.74, 6) is -1.07. The number of carbonyl (C=O) groups is 1. The van der Waals surface area contributed by atoms with Crippen LogP contribution in [0.25, 0.3) is 5.57 Å². The number of anilines is 1. The molecule has 1 aliphatic carbocycles. The Morgan fingerprint density at radius 1 is 1.15 bits per heavy atom. The topological polar surface area (TPSA) is 46.4 Å². The second-order valence-corrected chi connectivity index (χ2v) is 12.8. The lowest BCUT2D eigenvalue weighted by atomic mass is 9.94. The van der Waals surface area contributed by atoms with Crippen molar-refractivity contribution in [3.8, 4) is 0 Å². The van der Waals surface area contributed by atoms with Gasteiger partial charge in [-0.05, 0) is 46.1 Å². The molecule has 1 aromatic carbocycles. The highest BCUT2D eigenvalue weighted by molar-refractivity contribution is 6.98. The Bertz CT molecular complexity index is 988. The molecule has 3 heterocycles. The van der Waals surface area contributed by atoms with Gasteiger partial charge in [0.05, 0.1) is 12.4 Å². The van der Waals surface area contributed by atoms with Crippen LogP contribution in [0.4, 0.5) is 5.69 Å². The summed E-state index contributed by atoms with van der Waals surface area (Å²) < 4.78 is 2.37. The molecule has 0 bridgehead atoms. The largest absolute Gasteiger partial charge is 0.545 e. The maximum absolute atomic E-state index is 12.1. The van der Waals surface area contributed by atoms with Crippen molar-refractivity contribution in [3.63, 3.8) is 0 Å². The van der Waals surface area contributed by atoms with Crippen LogP contribution >= 0.6 is 0 Å². The number of benzene rings is 1. The van der Waals surface area contributed by atoms with E-state index in [2.05, 4.69) is 46.9 Å². The smallest absolute Gasteiger partial charge is 0.199 e. The molecule has 0 spiro atoms. The lowest BCUT2D eigenvalue weighted by Crippen LogP contribution is -2.51. The third-order valence-electron chi connectivity index (χ3n) is 6.54. The highest BCUT2D eigenvalue weighted by Gasteiger charge is 2.41. The molecule has 1 aromatic rings. The van der Waals surface area contributed by atoms with Crippen LogP contribution in [0.2, 0.25) is 13.1 Å². The van der Waals surface area contributed by atoms with Gasteiger partial charge in [-0.3, -0.25) is 0 Å². The fourth-order valence-corrected chi connectivity index (χ4v) is 7.66. The lowest BCUT2D eigenvalue weighted by molar-refractivity contribution is -0.582. The third kappa shape index (κ3) is 2.41. The van der Waals surface area contributed by atoms with Crippen LogP contribution in [0.3, 0.4) is 0 Å². The van der Waals surface area contributed by atoms with Crippen LogP contribution in [0, 0.1) is 0 Å². The van der Waals surface area contributed by atoms with Crippen LogP contribution in [-0.2, 0) is 4.79 Å². The van der Waals surface area contributed by atoms with E-state index in [4.69, 9.17) is 0 Å². The van der Waals surface area contributed by atoms with Gasteiger partial charge in [0.2, 0.25) is 0 Å². The predicted molar refractivity (Wildman–Crippen MR) is 109 cm³/mol. The number of allylic oxidation sites excluding steroid dienone is 5. The molecule has 5 heteroatoms. The minimum absolute atomic E-state index is 0.358. The maximum Gasteiger partial charge on any atom is 0.199 e. The van der Waals surface area contributed by atoms with E-state index in [1.54, 1.807) is 0 Å². The number of hydrogen-bond acceptors (Lipinski definition) is 3. The summed E-state index contributed by atoms with van der Waals surface area (Å²) in [5, 5.41) is 14.6. The maximum atomic E-state index is 12.1. The number of nitrogens with zero attached hydrogens (tertiary/aromatic N) is 2. The molecule has 4 aliphatic rings. The van der Waals surface area contributed by atoms with E-state index in [9.17, 15) is 9.90 Å². The standard InChI is InChI=1S/C22H24N2O2Si/c1-27(2)19-13-15(23-9-3-10-23)5-7-17(19)21(22(25)26)18-8-6-16(14-20(18)27)24-11-4-12-24/h5-8,13-14H,3-4,9-12H2,1-2H3. The Morgan fingerprint density at radius 2 is 1.93 bits per heavy atom. The third-order valence-corrected chi connectivity index (χ3v) is 10.1. The van der Waals surface area contributed by atoms with Gasteiger partial charge in [0.25, 0.3) is 0 Å². The zero-order valence-corrected chi connectivity index (χ0v) is 16.9. The molecule has 0 aromatic heterocycles. The highest BCUT2D eigenvalue weighted by Crippen LogP contribution is 2.39. The van der Waals surface area contributed by atoms with E-state index in [-0.39, 0.29) is 0 Å². The molecule has 0 atom stereocenters. The molecule has 0 saturated carbocycles. The van der Waals surface area contributed by atoms with Gasteiger partial charge >= 0.3 is 0 Å². The normalized spacial score (nSPS) is 22.6. The minimum atomic E-state index is -2.02. The van der Waals surface area contributed by atoms with Crippen molar-refractivity contribution in [1.82, 2.24) is 0 Å². The zero-order chi connectivity index (χ0) is 18.8. The first kappa shape index (κ1) is 16.7. The molecule has 2 fully saturated rings. The lowest BCUT2D eigenvalue weighted by Gasteiger charge is -2.40. The van der Waals surface area contributed by atoms with Crippen molar-refractivity contribution in [2.24, 2.45) is 0 Å². The number of fused-ring (bicyclic) bond motifs is 2. The SMILES string of the molecule is C[Si]1(C)C2=CC(=[N+]3CCC3)C=CC2=C(C(=O)[O-])c2ccc(N3CCC3)cc21. The number of hydrogen-bond donors (Lipinski definition) is 0. The number of carboxylic acids is 1. The molecule has 5 rings (SSSR count). The van der Waals surface area contributed by atoms with E-state index < -0.39 is 14.0 Å². The van der Waals surface area contributed by atoms with Gasteiger partial charge in [-0.1, -0.05) is 19.2 Å². The van der Waals surface area contributed by atoms with Gasteiger partial charge in [-0.2, -0.15) is 0 Å². The fourth-order valence-electron chi connectivity index (χ4n) is 4.59. The van der Waals surface area contributed by atoms with Crippen molar-refractivity contribution in [2.75, 3.05) is 31.1 Å². The van der Waals surface area contributed by atoms with Gasteiger partial charge in [-0.25, -0.2) is 4.58 Å². The van der Waals surface area contributed by atoms with Gasteiger partial charge in [0.1, 0.15) is 21.2 Å². The number of carboxylic acid groups (broad SMARTS) is 1. The molecule has 0 N–H and O–H groups in total. The average molecular weight is 377 g/mol. The molecule has 138 valence electrons. The van der Waals surface area contributed by atoms with E-state index in [1.807, 2.05) is 12.1 Å². The Hall–Kier alpha value is -2.40. The molecule has 0 unspecified atom stereocenters. The summed E-state index contributed by atoms with van der Waals surface area (Å²) in [4.78, 5) is 14.5. The molecular weight excluding hydrogens is 352 g/mol. The van der Waals surface area contributed by atoms with E-state index >= 15 is 0 Å². The first-order valence-electron chi connectivity index (χ1n) is 9.85. The van der Waals surface area contributed by atoms with Crippen molar-refractivity contribution in [3.05, 3.63) is 52.8 Å². The summed E-state index contributed by atoms with van der Waals surface area (Å²) in [6.45, 7) is 9.05. The van der Waals surface area contributed by atoms with Gasteiger partial charge in [0, 0.05) is 36.5 Å². The van der Waals surface area contributed by atoms with Crippen LogP contribution < -0.4 is 15.2 Å². The van der Waals surface area contributed by atoms with Crippen molar-refractivity contribution < 1.29 is 14.5 Å². The molecule has 27 heavy (non-hydrogen) atoms. The molecule has 2 saturated heterocycles. The highest BCUT2D eigenvalue weighted by atomic mass is 28.3. The van der Waals surface area contributed by atoms with Crippen molar-refractivity contribution in [2.45, 2.75) is 25.9 Å². The first-order valence-corrected chi connectivity index (χ1v) is 12.8. The van der Waals surface area contributed by atoms with Crippen LogP contribution in [0.5, 0.6) is 0 Å². The quantitative estimate of drug-likeness (QED) is 0.576. The number of rotatable bonds is 2. The summed E-state index contributed by atoms with van der Waals surface area (Å²) in [7, 11) is -2.02. The second-order valence-electron chi connectivity index (χ2n) is 8.43. The van der Waals surface area contributed by atoms with Crippen molar-refractivity contribution in [1.29, 1.82) is 0 Å². The first-order chi connectivity index (χ1) is 13.0. The molecular formula is C22H24N2O2Si. The predicted octanol–water partition coefficient (Wildman–Crippen LogP) is 1.22. The van der Waals surface area contributed by atoms with Crippen LogP contribution in [0.1, 0.15) is 18.4 Å². The fraction of sp³-hybridized carbons (Fsp3) is 0.364. The summed E-state index contributed by atoms with van der Waals surface area (Å²) in [6.07, 6.45) is 8.80. The Balaban J connectivity index is 1.73. The Labute approximate surface area is 160 Å². The molecule has 0 amide bonds. The average Bonchev–Trinajstić information content (AvgIpc) is 2.53. The monoisotopic (exact) mass is 376 g/mol. The molecule has 3 aliphatic heterocycles. The van der Waals surface area contributed by atoms with E-state index in [0.29, 0.717) is 5.57 Å².